The van der Waals surface area contributed by atoms with E-state index in [1.807, 2.05) is 0 Å². The van der Waals surface area contributed by atoms with E-state index in [0.717, 1.165) is 10.3 Å². The van der Waals surface area contributed by atoms with Crippen LogP contribution in [0.2, 0.25) is 5.02 Å². The molecular weight excluding hydrogens is 419 g/mol. The van der Waals surface area contributed by atoms with Crippen LogP contribution in [-0.2, 0) is 4.79 Å². The SMILES string of the molecule is Cc1c(-c2ccc(NC(=O)[C@@H](N)C3CCC(C(F)(F)F)CC3)cc2)c(Cl)cc[n+]1[O-]. The van der Waals surface area contributed by atoms with Crippen molar-refractivity contribution in [2.45, 2.75) is 44.8 Å². The topological polar surface area (TPSA) is 82.1 Å². The summed E-state index contributed by atoms with van der Waals surface area (Å²) in [6, 6.07) is 7.42. The molecule has 1 aromatic carbocycles. The van der Waals surface area contributed by atoms with Crippen molar-refractivity contribution < 1.29 is 22.7 Å². The average Bonchev–Trinajstić information content (AvgIpc) is 2.71. The predicted octanol–water partition coefficient (Wildman–Crippen LogP) is 4.58. The highest BCUT2D eigenvalue weighted by Crippen LogP contribution is 2.40. The summed E-state index contributed by atoms with van der Waals surface area (Å²) in [6.45, 7) is 1.66. The van der Waals surface area contributed by atoms with E-state index in [2.05, 4.69) is 5.32 Å². The van der Waals surface area contributed by atoms with Gasteiger partial charge in [0.1, 0.15) is 0 Å². The molecule has 0 saturated heterocycles. The Morgan fingerprint density at radius 2 is 1.80 bits per heavy atom. The molecule has 2 aromatic rings. The number of aromatic nitrogens is 1. The van der Waals surface area contributed by atoms with Gasteiger partial charge in [0.25, 0.3) is 0 Å². The molecule has 1 aliphatic carbocycles. The summed E-state index contributed by atoms with van der Waals surface area (Å²) in [7, 11) is 0. The van der Waals surface area contributed by atoms with Crippen LogP contribution in [0.4, 0.5) is 18.9 Å². The van der Waals surface area contributed by atoms with Gasteiger partial charge < -0.3 is 16.3 Å². The number of rotatable bonds is 4. The Labute approximate surface area is 177 Å². The maximum absolute atomic E-state index is 12.8. The van der Waals surface area contributed by atoms with Gasteiger partial charge in [-0.05, 0) is 49.3 Å². The van der Waals surface area contributed by atoms with Crippen molar-refractivity contribution in [3.63, 3.8) is 0 Å². The highest BCUT2D eigenvalue weighted by Gasteiger charge is 2.42. The molecule has 1 saturated carbocycles. The van der Waals surface area contributed by atoms with Crippen LogP contribution in [0.25, 0.3) is 11.1 Å². The fourth-order valence-electron chi connectivity index (χ4n) is 3.92. The number of anilines is 1. The van der Waals surface area contributed by atoms with E-state index in [0.29, 0.717) is 22.0 Å². The number of halogens is 4. The molecule has 0 radical (unpaired) electrons. The maximum Gasteiger partial charge on any atom is 0.391 e. The smallest absolute Gasteiger partial charge is 0.391 e. The Kier molecular flexibility index (Phi) is 6.57. The minimum atomic E-state index is -4.19. The van der Waals surface area contributed by atoms with Gasteiger partial charge in [0.05, 0.1) is 22.5 Å². The summed E-state index contributed by atoms with van der Waals surface area (Å²) in [6.07, 6.45) is -2.30. The Hall–Kier alpha value is -2.32. The summed E-state index contributed by atoms with van der Waals surface area (Å²) in [5, 5.41) is 15.0. The number of amides is 1. The molecule has 1 amide bonds. The van der Waals surface area contributed by atoms with Crippen LogP contribution in [0, 0.1) is 24.0 Å². The number of alkyl halides is 3. The predicted molar refractivity (Wildman–Crippen MR) is 109 cm³/mol. The van der Waals surface area contributed by atoms with Crippen LogP contribution in [0.15, 0.2) is 36.5 Å². The number of nitrogens with one attached hydrogen (secondary N) is 1. The molecule has 3 N–H and O–H groups in total. The Morgan fingerprint density at radius 1 is 1.20 bits per heavy atom. The van der Waals surface area contributed by atoms with E-state index >= 15 is 0 Å². The van der Waals surface area contributed by atoms with Crippen molar-refractivity contribution in [2.24, 2.45) is 17.6 Å². The number of nitrogens with zero attached hydrogens (tertiary/aromatic N) is 1. The van der Waals surface area contributed by atoms with E-state index in [1.165, 1.54) is 12.3 Å². The lowest BCUT2D eigenvalue weighted by molar-refractivity contribution is -0.611. The van der Waals surface area contributed by atoms with E-state index in [1.54, 1.807) is 31.2 Å². The lowest BCUT2D eigenvalue weighted by Gasteiger charge is -2.32. The third-order valence-electron chi connectivity index (χ3n) is 5.77. The number of hydrogen-bond donors (Lipinski definition) is 2. The second kappa shape index (κ2) is 8.81. The molecule has 0 aliphatic heterocycles. The number of carbonyl (C=O) groups excluding carboxylic acids is 1. The molecule has 1 aromatic heterocycles. The van der Waals surface area contributed by atoms with Crippen LogP contribution in [0.1, 0.15) is 31.4 Å². The fraction of sp³-hybridized carbons (Fsp3) is 0.429. The number of carbonyl (C=O) groups is 1. The van der Waals surface area contributed by atoms with E-state index in [9.17, 15) is 23.2 Å². The number of pyridine rings is 1. The van der Waals surface area contributed by atoms with Crippen LogP contribution in [0.5, 0.6) is 0 Å². The average molecular weight is 442 g/mol. The Bertz CT molecular complexity index is 911. The van der Waals surface area contributed by atoms with E-state index in [4.69, 9.17) is 17.3 Å². The lowest BCUT2D eigenvalue weighted by atomic mass is 9.78. The van der Waals surface area contributed by atoms with Gasteiger partial charge in [-0.2, -0.15) is 17.9 Å². The van der Waals surface area contributed by atoms with Crippen molar-refractivity contribution in [3.05, 3.63) is 52.5 Å². The zero-order valence-electron chi connectivity index (χ0n) is 16.4. The van der Waals surface area contributed by atoms with Crippen LogP contribution >= 0.6 is 11.6 Å². The third kappa shape index (κ3) is 4.87. The molecule has 0 unspecified atom stereocenters. The highest BCUT2D eigenvalue weighted by molar-refractivity contribution is 6.33. The molecule has 5 nitrogen and oxygen atoms in total. The first kappa shape index (κ1) is 22.4. The molecule has 1 aliphatic rings. The second-order valence-corrected chi connectivity index (χ2v) is 8.10. The van der Waals surface area contributed by atoms with Crippen molar-refractivity contribution >= 4 is 23.2 Å². The Balaban J connectivity index is 1.63. The van der Waals surface area contributed by atoms with Gasteiger partial charge in [0.2, 0.25) is 5.91 Å². The molecule has 9 heteroatoms. The molecule has 0 spiro atoms. The summed E-state index contributed by atoms with van der Waals surface area (Å²) in [5.41, 5.74) is 8.30. The van der Waals surface area contributed by atoms with Gasteiger partial charge in [0.15, 0.2) is 11.9 Å². The van der Waals surface area contributed by atoms with E-state index < -0.39 is 24.0 Å². The lowest BCUT2D eigenvalue weighted by Crippen LogP contribution is -2.44. The van der Waals surface area contributed by atoms with Gasteiger partial charge in [-0.3, -0.25) is 4.79 Å². The molecule has 0 bridgehead atoms. The number of benzene rings is 1. The van der Waals surface area contributed by atoms with Crippen molar-refractivity contribution in [1.29, 1.82) is 0 Å². The zero-order chi connectivity index (χ0) is 22.1. The molecule has 162 valence electrons. The zero-order valence-corrected chi connectivity index (χ0v) is 17.1. The van der Waals surface area contributed by atoms with Crippen molar-refractivity contribution in [2.75, 3.05) is 5.32 Å². The van der Waals surface area contributed by atoms with Crippen LogP contribution < -0.4 is 15.8 Å². The van der Waals surface area contributed by atoms with Gasteiger partial charge in [-0.25, -0.2) is 0 Å². The molecule has 1 fully saturated rings. The first-order valence-electron chi connectivity index (χ1n) is 9.69. The molecule has 30 heavy (non-hydrogen) atoms. The second-order valence-electron chi connectivity index (χ2n) is 7.70. The maximum atomic E-state index is 12.8. The normalized spacial score (nSPS) is 20.6. The first-order chi connectivity index (χ1) is 14.1. The Morgan fingerprint density at radius 3 is 2.37 bits per heavy atom. The first-order valence-corrected chi connectivity index (χ1v) is 10.1. The van der Waals surface area contributed by atoms with Gasteiger partial charge >= 0.3 is 6.18 Å². The van der Waals surface area contributed by atoms with Gasteiger partial charge in [-0.1, -0.05) is 23.7 Å². The molecule has 1 atom stereocenters. The number of nitrogens with two attached hydrogens (primary N) is 1. The van der Waals surface area contributed by atoms with Crippen LogP contribution in [-0.4, -0.2) is 18.1 Å². The van der Waals surface area contributed by atoms with Gasteiger partial charge in [0, 0.05) is 18.7 Å². The standard InChI is InChI=1S/C21H23ClF3N3O2/c1-12-18(17(22)10-11-28(12)30)13-4-8-16(9-5-13)27-20(29)19(26)14-2-6-15(7-3-14)21(23,24)25/h4-5,8-11,14-15,19H,2-3,6-7,26H2,1H3,(H,27,29)/t14?,15?,19-/m0/s1. The summed E-state index contributed by atoms with van der Waals surface area (Å²) in [5.74, 6) is -2.01. The minimum absolute atomic E-state index is 0.000738. The third-order valence-corrected chi connectivity index (χ3v) is 6.09. The quantitative estimate of drug-likeness (QED) is 0.538. The minimum Gasteiger partial charge on any atom is -0.618 e. The summed E-state index contributed by atoms with van der Waals surface area (Å²) in [4.78, 5) is 12.5. The van der Waals surface area contributed by atoms with Crippen LogP contribution in [0.3, 0.4) is 0 Å². The van der Waals surface area contributed by atoms with Crippen molar-refractivity contribution in [1.82, 2.24) is 0 Å². The van der Waals surface area contributed by atoms with E-state index in [-0.39, 0.29) is 31.6 Å². The molecular formula is C21H23ClF3N3O2. The molecule has 3 rings (SSSR count). The van der Waals surface area contributed by atoms with Gasteiger partial charge in [-0.15, -0.1) is 0 Å². The fourth-order valence-corrected chi connectivity index (χ4v) is 4.23. The monoisotopic (exact) mass is 441 g/mol. The van der Waals surface area contributed by atoms with Crippen molar-refractivity contribution in [3.8, 4) is 11.1 Å². The summed E-state index contributed by atoms with van der Waals surface area (Å²) >= 11 is 6.22. The summed E-state index contributed by atoms with van der Waals surface area (Å²) < 4.78 is 39.1. The molecule has 1 heterocycles. The number of hydrogen-bond acceptors (Lipinski definition) is 3. The highest BCUT2D eigenvalue weighted by atomic mass is 35.5. The largest absolute Gasteiger partial charge is 0.618 e.